The molecule has 102 valence electrons. The van der Waals surface area contributed by atoms with Crippen LogP contribution < -0.4 is 10.1 Å². The first-order valence-corrected chi connectivity index (χ1v) is 6.52. The van der Waals surface area contributed by atoms with Crippen molar-refractivity contribution in [3.05, 3.63) is 47.5 Å². The lowest BCUT2D eigenvalue weighted by Crippen LogP contribution is -2.24. The highest BCUT2D eigenvalue weighted by molar-refractivity contribution is 5.39. The van der Waals surface area contributed by atoms with Crippen LogP contribution in [0.4, 0.5) is 0 Å². The monoisotopic (exact) mass is 259 g/mol. The van der Waals surface area contributed by atoms with E-state index in [4.69, 9.17) is 4.74 Å². The van der Waals surface area contributed by atoms with Gasteiger partial charge in [-0.25, -0.2) is 4.98 Å². The van der Waals surface area contributed by atoms with E-state index in [1.165, 1.54) is 5.56 Å². The van der Waals surface area contributed by atoms with Gasteiger partial charge < -0.3 is 14.6 Å². The van der Waals surface area contributed by atoms with E-state index in [2.05, 4.69) is 36.3 Å². The summed E-state index contributed by atoms with van der Waals surface area (Å²) in [5, 5.41) is 3.48. The Labute approximate surface area is 114 Å². The normalized spacial score (nSPS) is 12.4. The lowest BCUT2D eigenvalue weighted by atomic mass is 10.0. The molecular formula is C15H21N3O. The maximum absolute atomic E-state index is 5.31. The summed E-state index contributed by atoms with van der Waals surface area (Å²) in [7, 11) is 3.71. The van der Waals surface area contributed by atoms with Gasteiger partial charge in [0.25, 0.3) is 0 Å². The van der Waals surface area contributed by atoms with Crippen LogP contribution in [0.2, 0.25) is 0 Å². The smallest absolute Gasteiger partial charge is 0.130 e. The molecule has 2 rings (SSSR count). The zero-order chi connectivity index (χ0) is 13.8. The summed E-state index contributed by atoms with van der Waals surface area (Å²) >= 11 is 0. The van der Waals surface area contributed by atoms with Crippen molar-refractivity contribution in [2.75, 3.05) is 13.7 Å². The summed E-state index contributed by atoms with van der Waals surface area (Å²) in [6.45, 7) is 5.05. The van der Waals surface area contributed by atoms with Gasteiger partial charge in [0.15, 0.2) is 0 Å². The van der Waals surface area contributed by atoms with Gasteiger partial charge in [-0.15, -0.1) is 0 Å². The molecule has 1 heterocycles. The van der Waals surface area contributed by atoms with Gasteiger partial charge in [0, 0.05) is 19.4 Å². The second-order valence-electron chi connectivity index (χ2n) is 4.62. The average molecular weight is 259 g/mol. The average Bonchev–Trinajstić information content (AvgIpc) is 2.82. The Kier molecular flexibility index (Phi) is 4.22. The number of hydrogen-bond donors (Lipinski definition) is 1. The summed E-state index contributed by atoms with van der Waals surface area (Å²) in [5.74, 6) is 1.94. The van der Waals surface area contributed by atoms with Gasteiger partial charge in [-0.3, -0.25) is 0 Å². The third kappa shape index (κ3) is 2.79. The molecule has 0 spiro atoms. The van der Waals surface area contributed by atoms with Crippen molar-refractivity contribution in [3.8, 4) is 5.75 Å². The number of imidazole rings is 1. The number of nitrogens with zero attached hydrogens (tertiary/aromatic N) is 2. The van der Waals surface area contributed by atoms with Gasteiger partial charge in [-0.1, -0.05) is 19.1 Å². The number of methoxy groups -OCH3 is 1. The Morgan fingerprint density at radius 2 is 2.21 bits per heavy atom. The van der Waals surface area contributed by atoms with E-state index in [-0.39, 0.29) is 6.04 Å². The topological polar surface area (TPSA) is 39.1 Å². The van der Waals surface area contributed by atoms with Crippen molar-refractivity contribution in [3.63, 3.8) is 0 Å². The minimum Gasteiger partial charge on any atom is -0.496 e. The van der Waals surface area contributed by atoms with E-state index in [0.717, 1.165) is 23.7 Å². The molecule has 4 nitrogen and oxygen atoms in total. The summed E-state index contributed by atoms with van der Waals surface area (Å²) in [6.07, 6.45) is 3.80. The molecule has 2 aromatic rings. The highest BCUT2D eigenvalue weighted by atomic mass is 16.5. The zero-order valence-corrected chi connectivity index (χ0v) is 12.0. The summed E-state index contributed by atoms with van der Waals surface area (Å²) in [4.78, 5) is 4.45. The van der Waals surface area contributed by atoms with Gasteiger partial charge in [-0.2, -0.15) is 0 Å². The predicted molar refractivity (Wildman–Crippen MR) is 76.5 cm³/mol. The van der Waals surface area contributed by atoms with Crippen LogP contribution in [0.3, 0.4) is 0 Å². The molecule has 19 heavy (non-hydrogen) atoms. The van der Waals surface area contributed by atoms with Crippen LogP contribution >= 0.6 is 0 Å². The molecule has 4 heteroatoms. The first-order chi connectivity index (χ1) is 9.17. The molecule has 0 aliphatic rings. The van der Waals surface area contributed by atoms with Gasteiger partial charge in [0.2, 0.25) is 0 Å². The summed E-state index contributed by atoms with van der Waals surface area (Å²) in [5.41, 5.74) is 2.34. The van der Waals surface area contributed by atoms with E-state index < -0.39 is 0 Å². The first kappa shape index (κ1) is 13.6. The van der Waals surface area contributed by atoms with Crippen molar-refractivity contribution in [2.45, 2.75) is 19.9 Å². The Hall–Kier alpha value is -1.81. The van der Waals surface area contributed by atoms with Crippen molar-refractivity contribution >= 4 is 0 Å². The predicted octanol–water partition coefficient (Wildman–Crippen LogP) is 2.44. The molecule has 0 saturated carbocycles. The highest BCUT2D eigenvalue weighted by Crippen LogP contribution is 2.25. The fourth-order valence-corrected chi connectivity index (χ4v) is 2.30. The maximum atomic E-state index is 5.31. The third-order valence-electron chi connectivity index (χ3n) is 3.28. The van der Waals surface area contributed by atoms with Crippen LogP contribution in [0, 0.1) is 6.92 Å². The van der Waals surface area contributed by atoms with Crippen molar-refractivity contribution in [1.82, 2.24) is 14.9 Å². The van der Waals surface area contributed by atoms with E-state index in [1.807, 2.05) is 30.1 Å². The van der Waals surface area contributed by atoms with Crippen LogP contribution in [0.5, 0.6) is 5.75 Å². The van der Waals surface area contributed by atoms with Crippen LogP contribution in [-0.2, 0) is 7.05 Å². The van der Waals surface area contributed by atoms with Crippen molar-refractivity contribution in [2.24, 2.45) is 7.05 Å². The standard InChI is InChI=1S/C15H21N3O/c1-5-16-14(15-17-8-9-18(15)3)12-6-7-13(19-4)11(2)10-12/h6-10,14,16H,5H2,1-4H3. The highest BCUT2D eigenvalue weighted by Gasteiger charge is 2.17. The summed E-state index contributed by atoms with van der Waals surface area (Å²) < 4.78 is 7.36. The fraction of sp³-hybridized carbons (Fsp3) is 0.400. The number of rotatable bonds is 5. The van der Waals surface area contributed by atoms with Crippen molar-refractivity contribution in [1.29, 1.82) is 0 Å². The molecule has 0 amide bonds. The quantitative estimate of drug-likeness (QED) is 0.896. The minimum atomic E-state index is 0.106. The first-order valence-electron chi connectivity index (χ1n) is 6.52. The molecule has 1 aromatic carbocycles. The van der Waals surface area contributed by atoms with Crippen molar-refractivity contribution < 1.29 is 4.74 Å². The van der Waals surface area contributed by atoms with E-state index in [0.29, 0.717) is 0 Å². The van der Waals surface area contributed by atoms with Gasteiger partial charge in [0.05, 0.1) is 13.2 Å². The van der Waals surface area contributed by atoms with Crippen LogP contribution in [0.15, 0.2) is 30.6 Å². The second-order valence-corrected chi connectivity index (χ2v) is 4.62. The summed E-state index contributed by atoms with van der Waals surface area (Å²) in [6, 6.07) is 6.36. The Morgan fingerprint density at radius 3 is 2.74 bits per heavy atom. The van der Waals surface area contributed by atoms with Crippen LogP contribution in [-0.4, -0.2) is 23.2 Å². The second kappa shape index (κ2) is 5.89. The van der Waals surface area contributed by atoms with Gasteiger partial charge in [0.1, 0.15) is 11.6 Å². The third-order valence-corrected chi connectivity index (χ3v) is 3.28. The largest absolute Gasteiger partial charge is 0.496 e. The molecule has 1 N–H and O–H groups in total. The fourth-order valence-electron chi connectivity index (χ4n) is 2.30. The minimum absolute atomic E-state index is 0.106. The SMILES string of the molecule is CCNC(c1ccc(OC)c(C)c1)c1nccn1C. The van der Waals surface area contributed by atoms with Crippen LogP contribution in [0.25, 0.3) is 0 Å². The van der Waals surface area contributed by atoms with Gasteiger partial charge >= 0.3 is 0 Å². The lowest BCUT2D eigenvalue weighted by Gasteiger charge is -2.19. The molecule has 0 aliphatic heterocycles. The maximum Gasteiger partial charge on any atom is 0.130 e. The molecule has 0 saturated heterocycles. The van der Waals surface area contributed by atoms with E-state index in [9.17, 15) is 0 Å². The number of benzene rings is 1. The molecule has 0 aliphatic carbocycles. The number of ether oxygens (including phenoxy) is 1. The Bertz CT molecular complexity index is 548. The lowest BCUT2D eigenvalue weighted by molar-refractivity contribution is 0.411. The number of aryl methyl sites for hydroxylation is 2. The molecule has 1 aromatic heterocycles. The zero-order valence-electron chi connectivity index (χ0n) is 12.0. The Morgan fingerprint density at radius 1 is 1.42 bits per heavy atom. The Balaban J connectivity index is 2.39. The van der Waals surface area contributed by atoms with E-state index >= 15 is 0 Å². The molecule has 0 radical (unpaired) electrons. The molecule has 1 atom stereocenters. The molecule has 0 fully saturated rings. The molecule has 1 unspecified atom stereocenters. The van der Waals surface area contributed by atoms with E-state index in [1.54, 1.807) is 7.11 Å². The van der Waals surface area contributed by atoms with Gasteiger partial charge in [-0.05, 0) is 30.7 Å². The number of aromatic nitrogens is 2. The molecular weight excluding hydrogens is 238 g/mol. The number of nitrogens with one attached hydrogen (secondary N) is 1. The number of hydrogen-bond acceptors (Lipinski definition) is 3. The molecule has 0 bridgehead atoms. The van der Waals surface area contributed by atoms with Crippen LogP contribution in [0.1, 0.15) is 29.9 Å².